The van der Waals surface area contributed by atoms with E-state index in [1.807, 2.05) is 18.2 Å². The fourth-order valence-electron chi connectivity index (χ4n) is 1.15. The Morgan fingerprint density at radius 3 is 2.92 bits per heavy atom. The van der Waals surface area contributed by atoms with Crippen LogP contribution in [0.2, 0.25) is 0 Å². The lowest BCUT2D eigenvalue weighted by Crippen LogP contribution is -1.93. The Morgan fingerprint density at radius 2 is 2.31 bits per heavy atom. The second-order valence-electron chi connectivity index (χ2n) is 3.26. The molecular weight excluding hydrogens is 162 g/mol. The van der Waals surface area contributed by atoms with E-state index in [-0.39, 0.29) is 5.78 Å². The minimum absolute atomic E-state index is 0.241. The van der Waals surface area contributed by atoms with Crippen LogP contribution >= 0.6 is 0 Å². The van der Waals surface area contributed by atoms with Gasteiger partial charge in [-0.15, -0.1) is 0 Å². The summed E-state index contributed by atoms with van der Waals surface area (Å²) in [5, 5.41) is 0. The molecule has 0 aromatic carbocycles. The summed E-state index contributed by atoms with van der Waals surface area (Å²) >= 11 is 0. The van der Waals surface area contributed by atoms with Gasteiger partial charge in [-0.3, -0.25) is 9.78 Å². The predicted molar refractivity (Wildman–Crippen MR) is 51.0 cm³/mol. The smallest absolute Gasteiger partial charge is 0.158 e. The van der Waals surface area contributed by atoms with Crippen molar-refractivity contribution in [2.75, 3.05) is 0 Å². The van der Waals surface area contributed by atoms with Gasteiger partial charge >= 0.3 is 0 Å². The lowest BCUT2D eigenvalue weighted by atomic mass is 10.2. The lowest BCUT2D eigenvalue weighted by Gasteiger charge is -1.89. The quantitative estimate of drug-likeness (QED) is 0.655. The number of carbonyl (C=O) groups is 1. The molecule has 1 aromatic rings. The minimum atomic E-state index is 0.241. The van der Waals surface area contributed by atoms with Gasteiger partial charge in [0.15, 0.2) is 5.78 Å². The summed E-state index contributed by atoms with van der Waals surface area (Å²) in [5.74, 6) is 0.547. The van der Waals surface area contributed by atoms with E-state index in [2.05, 4.69) is 4.98 Å². The molecule has 0 aliphatic heterocycles. The molecule has 1 aliphatic carbocycles. The summed E-state index contributed by atoms with van der Waals surface area (Å²) in [6.45, 7) is 0. The van der Waals surface area contributed by atoms with Crippen molar-refractivity contribution in [3.63, 3.8) is 0 Å². The van der Waals surface area contributed by atoms with E-state index < -0.39 is 0 Å². The Hall–Kier alpha value is -1.44. The number of hydrogen-bond donors (Lipinski definition) is 0. The minimum Gasteiger partial charge on any atom is -0.295 e. The monoisotopic (exact) mass is 173 g/mol. The maximum Gasteiger partial charge on any atom is 0.158 e. The van der Waals surface area contributed by atoms with Crippen molar-refractivity contribution < 1.29 is 4.79 Å². The van der Waals surface area contributed by atoms with Crippen molar-refractivity contribution in [1.82, 2.24) is 4.98 Å². The van der Waals surface area contributed by atoms with Gasteiger partial charge in [0.2, 0.25) is 0 Å². The van der Waals surface area contributed by atoms with Crippen LogP contribution in [0.25, 0.3) is 6.08 Å². The highest BCUT2D eigenvalue weighted by molar-refractivity contribution is 5.96. The summed E-state index contributed by atoms with van der Waals surface area (Å²) < 4.78 is 0. The van der Waals surface area contributed by atoms with Gasteiger partial charge in [-0.2, -0.15) is 0 Å². The van der Waals surface area contributed by atoms with Crippen molar-refractivity contribution in [2.45, 2.75) is 12.8 Å². The van der Waals surface area contributed by atoms with Gasteiger partial charge in [-0.25, -0.2) is 0 Å². The Labute approximate surface area is 77.3 Å². The fraction of sp³-hybridized carbons (Fsp3) is 0.273. The van der Waals surface area contributed by atoms with Gasteiger partial charge in [-0.05, 0) is 37.1 Å². The average molecular weight is 173 g/mol. The molecule has 1 fully saturated rings. The molecule has 66 valence electrons. The molecular formula is C11H11NO. The normalized spacial score (nSPS) is 16.3. The van der Waals surface area contributed by atoms with E-state index in [9.17, 15) is 4.79 Å². The van der Waals surface area contributed by atoms with E-state index in [4.69, 9.17) is 0 Å². The molecule has 0 amide bonds. The van der Waals surface area contributed by atoms with Crippen LogP contribution in [-0.4, -0.2) is 10.8 Å². The molecule has 2 nitrogen and oxygen atoms in total. The maximum absolute atomic E-state index is 11.3. The van der Waals surface area contributed by atoms with Crippen LogP contribution in [0.5, 0.6) is 0 Å². The van der Waals surface area contributed by atoms with E-state index >= 15 is 0 Å². The molecule has 1 saturated carbocycles. The van der Waals surface area contributed by atoms with Crippen LogP contribution in [0, 0.1) is 5.92 Å². The second kappa shape index (κ2) is 3.52. The van der Waals surface area contributed by atoms with Gasteiger partial charge in [0.25, 0.3) is 0 Å². The Balaban J connectivity index is 2.00. The van der Waals surface area contributed by atoms with Crippen LogP contribution in [-0.2, 0) is 4.79 Å². The highest BCUT2D eigenvalue weighted by Crippen LogP contribution is 2.30. The SMILES string of the molecule is O=C(C=Cc1ccccn1)C1CC1. The molecule has 1 heterocycles. The first kappa shape index (κ1) is 8.17. The topological polar surface area (TPSA) is 30.0 Å². The zero-order chi connectivity index (χ0) is 9.10. The van der Waals surface area contributed by atoms with Crippen LogP contribution in [0.4, 0.5) is 0 Å². The molecule has 0 unspecified atom stereocenters. The number of aromatic nitrogens is 1. The van der Waals surface area contributed by atoms with E-state index in [1.165, 1.54) is 0 Å². The number of nitrogens with zero attached hydrogens (tertiary/aromatic N) is 1. The van der Waals surface area contributed by atoms with Crippen molar-refractivity contribution in [1.29, 1.82) is 0 Å². The number of ketones is 1. The summed E-state index contributed by atoms with van der Waals surface area (Å²) in [5.41, 5.74) is 0.844. The standard InChI is InChI=1S/C11H11NO/c13-11(9-4-5-9)7-6-10-3-1-2-8-12-10/h1-3,6-9H,4-5H2. The van der Waals surface area contributed by atoms with Gasteiger partial charge in [-0.1, -0.05) is 6.07 Å². The predicted octanol–water partition coefficient (Wildman–Crippen LogP) is 2.07. The number of carbonyl (C=O) groups excluding carboxylic acids is 1. The average Bonchev–Trinajstić information content (AvgIpc) is 2.99. The molecule has 0 atom stereocenters. The summed E-state index contributed by atoms with van der Waals surface area (Å²) in [6.07, 6.45) is 7.26. The number of pyridine rings is 1. The molecule has 0 saturated heterocycles. The van der Waals surface area contributed by atoms with Crippen molar-refractivity contribution >= 4 is 11.9 Å². The zero-order valence-electron chi connectivity index (χ0n) is 7.31. The highest BCUT2D eigenvalue weighted by atomic mass is 16.1. The first-order valence-corrected chi connectivity index (χ1v) is 4.49. The molecule has 1 aliphatic rings. The van der Waals surface area contributed by atoms with Gasteiger partial charge in [0, 0.05) is 12.1 Å². The van der Waals surface area contributed by atoms with Crippen LogP contribution in [0.1, 0.15) is 18.5 Å². The first-order valence-electron chi connectivity index (χ1n) is 4.49. The van der Waals surface area contributed by atoms with Crippen molar-refractivity contribution in [2.24, 2.45) is 5.92 Å². The largest absolute Gasteiger partial charge is 0.295 e. The Kier molecular flexibility index (Phi) is 2.21. The van der Waals surface area contributed by atoms with Gasteiger partial charge in [0.1, 0.15) is 0 Å². The van der Waals surface area contributed by atoms with Gasteiger partial charge < -0.3 is 0 Å². The third-order valence-electron chi connectivity index (χ3n) is 2.09. The molecule has 0 N–H and O–H groups in total. The van der Waals surface area contributed by atoms with E-state index in [0.717, 1.165) is 18.5 Å². The Morgan fingerprint density at radius 1 is 1.46 bits per heavy atom. The van der Waals surface area contributed by atoms with E-state index in [1.54, 1.807) is 18.3 Å². The van der Waals surface area contributed by atoms with Gasteiger partial charge in [0.05, 0.1) is 5.69 Å². The molecule has 0 bridgehead atoms. The molecule has 0 spiro atoms. The molecule has 1 aromatic heterocycles. The lowest BCUT2D eigenvalue weighted by molar-refractivity contribution is -0.115. The van der Waals surface area contributed by atoms with Crippen LogP contribution in [0.15, 0.2) is 30.5 Å². The fourth-order valence-corrected chi connectivity index (χ4v) is 1.15. The summed E-state index contributed by atoms with van der Waals surface area (Å²) in [4.78, 5) is 15.4. The number of allylic oxidation sites excluding steroid dienone is 1. The molecule has 2 rings (SSSR count). The molecule has 13 heavy (non-hydrogen) atoms. The third kappa shape index (κ3) is 2.25. The maximum atomic E-state index is 11.3. The summed E-state index contributed by atoms with van der Waals surface area (Å²) in [6, 6.07) is 5.66. The van der Waals surface area contributed by atoms with Crippen LogP contribution in [0.3, 0.4) is 0 Å². The number of rotatable bonds is 3. The van der Waals surface area contributed by atoms with Crippen molar-refractivity contribution in [3.05, 3.63) is 36.2 Å². The zero-order valence-corrected chi connectivity index (χ0v) is 7.31. The molecule has 0 radical (unpaired) electrons. The molecule has 2 heteroatoms. The Bertz CT molecular complexity index is 325. The first-order chi connectivity index (χ1) is 6.36. The summed E-state index contributed by atoms with van der Waals surface area (Å²) in [7, 11) is 0. The highest BCUT2D eigenvalue weighted by Gasteiger charge is 2.27. The van der Waals surface area contributed by atoms with E-state index in [0.29, 0.717) is 5.92 Å². The third-order valence-corrected chi connectivity index (χ3v) is 2.09. The van der Waals surface area contributed by atoms with Crippen LogP contribution < -0.4 is 0 Å². The number of hydrogen-bond acceptors (Lipinski definition) is 2. The van der Waals surface area contributed by atoms with Crippen molar-refractivity contribution in [3.8, 4) is 0 Å². The second-order valence-corrected chi connectivity index (χ2v) is 3.26.